The zero-order valence-electron chi connectivity index (χ0n) is 14.7. The number of nitrogens with one attached hydrogen (secondary N) is 1. The first kappa shape index (κ1) is 18.6. The molecule has 1 aliphatic heterocycles. The third-order valence-corrected chi connectivity index (χ3v) is 6.49. The zero-order valence-corrected chi connectivity index (χ0v) is 15.5. The van der Waals surface area contributed by atoms with Gasteiger partial charge in [0.15, 0.2) is 0 Å². The molecule has 1 heterocycles. The highest BCUT2D eigenvalue weighted by Gasteiger charge is 2.30. The topological polar surface area (TPSA) is 69.7 Å². The van der Waals surface area contributed by atoms with E-state index in [9.17, 15) is 13.2 Å². The van der Waals surface area contributed by atoms with Crippen molar-refractivity contribution in [2.24, 2.45) is 0 Å². The first-order chi connectivity index (χ1) is 12.5. The van der Waals surface area contributed by atoms with Gasteiger partial charge >= 0.3 is 0 Å². The van der Waals surface area contributed by atoms with Crippen molar-refractivity contribution in [2.45, 2.75) is 18.0 Å². The second-order valence-corrected chi connectivity index (χ2v) is 8.21. The van der Waals surface area contributed by atoms with E-state index >= 15 is 0 Å². The smallest absolute Gasteiger partial charge is 0.252 e. The Hall–Kier alpha value is -2.22. The number of benzene rings is 2. The molecule has 2 aromatic rings. The Bertz CT molecular complexity index is 833. The minimum Gasteiger partial charge on any atom is -0.337 e. The molecule has 0 bridgehead atoms. The fourth-order valence-corrected chi connectivity index (χ4v) is 4.47. The quantitative estimate of drug-likeness (QED) is 0.867. The molecule has 1 saturated heterocycles. The summed E-state index contributed by atoms with van der Waals surface area (Å²) >= 11 is 0. The molecule has 26 heavy (non-hydrogen) atoms. The van der Waals surface area contributed by atoms with Crippen molar-refractivity contribution in [1.82, 2.24) is 14.5 Å². The zero-order chi connectivity index (χ0) is 18.6. The lowest BCUT2D eigenvalue weighted by Crippen LogP contribution is -2.55. The highest BCUT2D eigenvalue weighted by Crippen LogP contribution is 2.17. The first-order valence-electron chi connectivity index (χ1n) is 8.63. The molecule has 2 aromatic carbocycles. The van der Waals surface area contributed by atoms with Crippen LogP contribution >= 0.6 is 0 Å². The highest BCUT2D eigenvalue weighted by atomic mass is 32.2. The van der Waals surface area contributed by atoms with Gasteiger partial charge < -0.3 is 5.32 Å². The van der Waals surface area contributed by atoms with Crippen LogP contribution in [0.1, 0.15) is 17.3 Å². The molecule has 1 atom stereocenters. The normalized spacial score (nSPS) is 17.6. The Kier molecular flexibility index (Phi) is 5.70. The molecule has 0 saturated carbocycles. The van der Waals surface area contributed by atoms with E-state index in [1.54, 1.807) is 42.5 Å². The standard InChI is InChI=1S/C19H23N3O3S/c1-16(20-19(23)17-8-4-2-5-9-17)21-12-14-22(15-13-21)26(24,25)18-10-6-3-7-11-18/h2-11,16H,12-15H2,1H3,(H,20,23). The van der Waals surface area contributed by atoms with Gasteiger partial charge in [-0.2, -0.15) is 4.31 Å². The van der Waals surface area contributed by atoms with E-state index in [0.29, 0.717) is 36.6 Å². The number of carbonyl (C=O) groups excluding carboxylic acids is 1. The van der Waals surface area contributed by atoms with Gasteiger partial charge in [-0.3, -0.25) is 9.69 Å². The first-order valence-corrected chi connectivity index (χ1v) is 10.1. The summed E-state index contributed by atoms with van der Waals surface area (Å²) in [5.74, 6) is -0.127. The molecule has 3 rings (SSSR count). The van der Waals surface area contributed by atoms with Crippen LogP contribution in [0.5, 0.6) is 0 Å². The van der Waals surface area contributed by atoms with Crippen LogP contribution in [0.25, 0.3) is 0 Å². The molecule has 0 aromatic heterocycles. The van der Waals surface area contributed by atoms with Gasteiger partial charge in [-0.25, -0.2) is 8.42 Å². The lowest BCUT2D eigenvalue weighted by atomic mass is 10.2. The predicted octanol–water partition coefficient (Wildman–Crippen LogP) is 1.77. The SMILES string of the molecule is CC(NC(=O)c1ccccc1)N1CCN(S(=O)(=O)c2ccccc2)CC1. The van der Waals surface area contributed by atoms with Crippen LogP contribution in [0.4, 0.5) is 0 Å². The minimum atomic E-state index is -3.46. The van der Waals surface area contributed by atoms with E-state index in [1.807, 2.05) is 25.1 Å². The molecule has 138 valence electrons. The van der Waals surface area contributed by atoms with E-state index in [0.717, 1.165) is 0 Å². The van der Waals surface area contributed by atoms with E-state index in [4.69, 9.17) is 0 Å². The van der Waals surface area contributed by atoms with E-state index in [-0.39, 0.29) is 12.1 Å². The predicted molar refractivity (Wildman–Crippen MR) is 100 cm³/mol. The number of hydrogen-bond acceptors (Lipinski definition) is 4. The van der Waals surface area contributed by atoms with E-state index in [2.05, 4.69) is 10.2 Å². The maximum absolute atomic E-state index is 12.7. The lowest BCUT2D eigenvalue weighted by molar-refractivity contribution is 0.0811. The van der Waals surface area contributed by atoms with Gasteiger partial charge in [-0.15, -0.1) is 0 Å². The van der Waals surface area contributed by atoms with Crippen molar-refractivity contribution in [3.05, 3.63) is 66.2 Å². The van der Waals surface area contributed by atoms with Gasteiger partial charge in [0.2, 0.25) is 10.0 Å². The molecule has 0 spiro atoms. The number of hydrogen-bond donors (Lipinski definition) is 1. The van der Waals surface area contributed by atoms with Gasteiger partial charge in [0.1, 0.15) is 0 Å². The second kappa shape index (κ2) is 7.99. The van der Waals surface area contributed by atoms with Crippen LogP contribution in [0.3, 0.4) is 0 Å². The molecular formula is C19H23N3O3S. The van der Waals surface area contributed by atoms with Crippen molar-refractivity contribution in [3.8, 4) is 0 Å². The fraction of sp³-hybridized carbons (Fsp3) is 0.316. The summed E-state index contributed by atoms with van der Waals surface area (Å²) in [6.07, 6.45) is -0.163. The summed E-state index contributed by atoms with van der Waals surface area (Å²) in [6, 6.07) is 17.5. The van der Waals surface area contributed by atoms with Crippen LogP contribution in [-0.4, -0.2) is 55.9 Å². The van der Waals surface area contributed by atoms with Gasteiger partial charge in [0, 0.05) is 31.7 Å². The Labute approximate surface area is 154 Å². The fourth-order valence-electron chi connectivity index (χ4n) is 3.03. The molecule has 1 N–H and O–H groups in total. The van der Waals surface area contributed by atoms with Gasteiger partial charge in [-0.1, -0.05) is 36.4 Å². The van der Waals surface area contributed by atoms with Crippen molar-refractivity contribution in [1.29, 1.82) is 0 Å². The van der Waals surface area contributed by atoms with Crippen LogP contribution < -0.4 is 5.32 Å². The minimum absolute atomic E-state index is 0.127. The van der Waals surface area contributed by atoms with E-state index in [1.165, 1.54) is 4.31 Å². The maximum Gasteiger partial charge on any atom is 0.252 e. The number of nitrogens with zero attached hydrogens (tertiary/aromatic N) is 2. The Morgan fingerprint density at radius 2 is 1.46 bits per heavy atom. The van der Waals surface area contributed by atoms with Crippen molar-refractivity contribution < 1.29 is 13.2 Å². The molecule has 1 unspecified atom stereocenters. The van der Waals surface area contributed by atoms with Crippen molar-refractivity contribution in [3.63, 3.8) is 0 Å². The van der Waals surface area contributed by atoms with Crippen LogP contribution in [-0.2, 0) is 10.0 Å². The van der Waals surface area contributed by atoms with Gasteiger partial charge in [0.05, 0.1) is 11.1 Å². The molecule has 7 heteroatoms. The molecule has 1 fully saturated rings. The summed E-state index contributed by atoms with van der Waals surface area (Å²) < 4.78 is 26.8. The lowest BCUT2D eigenvalue weighted by Gasteiger charge is -2.37. The van der Waals surface area contributed by atoms with E-state index < -0.39 is 10.0 Å². The van der Waals surface area contributed by atoms with Gasteiger partial charge in [0.25, 0.3) is 5.91 Å². The summed E-state index contributed by atoms with van der Waals surface area (Å²) in [6.45, 7) is 3.87. The second-order valence-electron chi connectivity index (χ2n) is 6.27. The number of carbonyl (C=O) groups is 1. The van der Waals surface area contributed by atoms with Crippen LogP contribution in [0.2, 0.25) is 0 Å². The Morgan fingerprint density at radius 3 is 2.04 bits per heavy atom. The highest BCUT2D eigenvalue weighted by molar-refractivity contribution is 7.89. The summed E-state index contributed by atoms with van der Waals surface area (Å²) in [7, 11) is -3.46. The van der Waals surface area contributed by atoms with Crippen molar-refractivity contribution in [2.75, 3.05) is 26.2 Å². The molecular weight excluding hydrogens is 350 g/mol. The maximum atomic E-state index is 12.7. The molecule has 0 radical (unpaired) electrons. The van der Waals surface area contributed by atoms with Gasteiger partial charge in [-0.05, 0) is 31.2 Å². The summed E-state index contributed by atoms with van der Waals surface area (Å²) in [5.41, 5.74) is 0.615. The third-order valence-electron chi connectivity index (χ3n) is 4.58. The average molecular weight is 373 g/mol. The summed E-state index contributed by atoms with van der Waals surface area (Å²) in [4.78, 5) is 14.7. The summed E-state index contributed by atoms with van der Waals surface area (Å²) in [5, 5.41) is 2.97. The number of piperazine rings is 1. The largest absolute Gasteiger partial charge is 0.337 e. The average Bonchev–Trinajstić information content (AvgIpc) is 2.69. The number of amides is 1. The Morgan fingerprint density at radius 1 is 0.923 bits per heavy atom. The molecule has 6 nitrogen and oxygen atoms in total. The number of sulfonamides is 1. The third kappa shape index (κ3) is 4.12. The van der Waals surface area contributed by atoms with Crippen molar-refractivity contribution >= 4 is 15.9 Å². The van der Waals surface area contributed by atoms with Crippen LogP contribution in [0.15, 0.2) is 65.6 Å². The number of rotatable bonds is 5. The molecule has 1 amide bonds. The molecule has 0 aliphatic carbocycles. The van der Waals surface area contributed by atoms with Crippen LogP contribution in [0, 0.1) is 0 Å². The molecule has 1 aliphatic rings. The monoisotopic (exact) mass is 373 g/mol. The Balaban J connectivity index is 1.57.